The summed E-state index contributed by atoms with van der Waals surface area (Å²) in [5, 5.41) is 3.08. The van der Waals surface area contributed by atoms with Crippen LogP contribution in [0.1, 0.15) is 25.8 Å². The third-order valence-corrected chi connectivity index (χ3v) is 3.29. The maximum atomic E-state index is 12.8. The highest BCUT2D eigenvalue weighted by atomic mass is 19.1. The number of nitrogens with one attached hydrogen (secondary N) is 1. The molecule has 2 aromatic rings. The second-order valence-electron chi connectivity index (χ2n) is 5.87. The van der Waals surface area contributed by atoms with Gasteiger partial charge in [0.2, 0.25) is 5.88 Å². The molecule has 0 fully saturated rings. The molecular weight excluding hydrogens is 307 g/mol. The number of ether oxygens (including phenoxy) is 1. The van der Waals surface area contributed by atoms with Gasteiger partial charge in [0.1, 0.15) is 11.6 Å². The molecular formula is C18H23FN4O. The van der Waals surface area contributed by atoms with Crippen molar-refractivity contribution in [2.24, 2.45) is 16.6 Å². The highest BCUT2D eigenvalue weighted by molar-refractivity contribution is 5.77. The number of aromatic nitrogens is 1. The van der Waals surface area contributed by atoms with Crippen molar-refractivity contribution in [2.45, 2.75) is 26.8 Å². The molecule has 24 heavy (non-hydrogen) atoms. The molecule has 0 bridgehead atoms. The van der Waals surface area contributed by atoms with Gasteiger partial charge in [0.05, 0.1) is 6.54 Å². The van der Waals surface area contributed by atoms with Gasteiger partial charge in [0, 0.05) is 18.8 Å². The predicted octanol–water partition coefficient (Wildman–Crippen LogP) is 3.46. The third kappa shape index (κ3) is 6.24. The lowest BCUT2D eigenvalue weighted by Gasteiger charge is -2.08. The largest absolute Gasteiger partial charge is 0.439 e. The summed E-state index contributed by atoms with van der Waals surface area (Å²) in [6, 6.07) is 9.41. The normalized spacial score (nSPS) is 11.6. The first kappa shape index (κ1) is 17.7. The Hall–Kier alpha value is -2.63. The SMILES string of the molecule is CC(C)CCNC(N)=NCc1ccc(Oc2ccc(F)cc2)nc1. The minimum atomic E-state index is -0.303. The number of benzene rings is 1. The van der Waals surface area contributed by atoms with Gasteiger partial charge in [0.15, 0.2) is 5.96 Å². The second-order valence-corrected chi connectivity index (χ2v) is 5.87. The maximum Gasteiger partial charge on any atom is 0.219 e. The molecule has 0 aliphatic rings. The topological polar surface area (TPSA) is 72.5 Å². The Morgan fingerprint density at radius 1 is 1.25 bits per heavy atom. The van der Waals surface area contributed by atoms with Crippen molar-refractivity contribution in [3.8, 4) is 11.6 Å². The molecule has 6 heteroatoms. The first-order valence-electron chi connectivity index (χ1n) is 7.95. The van der Waals surface area contributed by atoms with E-state index in [0.717, 1.165) is 18.5 Å². The molecule has 1 aromatic heterocycles. The molecule has 2 rings (SSSR count). The predicted molar refractivity (Wildman–Crippen MR) is 93.5 cm³/mol. The molecule has 0 aliphatic carbocycles. The smallest absolute Gasteiger partial charge is 0.219 e. The van der Waals surface area contributed by atoms with Gasteiger partial charge < -0.3 is 15.8 Å². The Balaban J connectivity index is 1.84. The summed E-state index contributed by atoms with van der Waals surface area (Å²) in [6.07, 6.45) is 2.73. The minimum absolute atomic E-state index is 0.303. The average molecular weight is 330 g/mol. The zero-order chi connectivity index (χ0) is 17.4. The van der Waals surface area contributed by atoms with Crippen LogP contribution in [0.2, 0.25) is 0 Å². The van der Waals surface area contributed by atoms with Gasteiger partial charge in [-0.25, -0.2) is 14.4 Å². The number of nitrogens with zero attached hydrogens (tertiary/aromatic N) is 2. The maximum absolute atomic E-state index is 12.8. The Morgan fingerprint density at radius 2 is 2.00 bits per heavy atom. The lowest BCUT2D eigenvalue weighted by molar-refractivity contribution is 0.461. The lowest BCUT2D eigenvalue weighted by Crippen LogP contribution is -2.32. The number of hydrogen-bond acceptors (Lipinski definition) is 3. The minimum Gasteiger partial charge on any atom is -0.439 e. The van der Waals surface area contributed by atoms with Crippen LogP contribution in [0.25, 0.3) is 0 Å². The first-order chi connectivity index (χ1) is 11.5. The average Bonchev–Trinajstić information content (AvgIpc) is 2.56. The monoisotopic (exact) mass is 330 g/mol. The summed E-state index contributed by atoms with van der Waals surface area (Å²) < 4.78 is 18.4. The number of rotatable bonds is 7. The van der Waals surface area contributed by atoms with Crippen LogP contribution in [0, 0.1) is 11.7 Å². The van der Waals surface area contributed by atoms with Crippen molar-refractivity contribution < 1.29 is 9.13 Å². The van der Waals surface area contributed by atoms with Gasteiger partial charge in [-0.1, -0.05) is 19.9 Å². The standard InChI is InChI=1S/C18H23FN4O/c1-13(2)9-10-21-18(20)23-12-14-3-8-17(22-11-14)24-16-6-4-15(19)5-7-16/h3-8,11,13H,9-10,12H2,1-2H3,(H3,20,21,23). The van der Waals surface area contributed by atoms with E-state index >= 15 is 0 Å². The van der Waals surface area contributed by atoms with E-state index in [2.05, 4.69) is 29.1 Å². The molecule has 1 heterocycles. The lowest BCUT2D eigenvalue weighted by atomic mass is 10.1. The van der Waals surface area contributed by atoms with Gasteiger partial charge in [-0.05, 0) is 42.2 Å². The van der Waals surface area contributed by atoms with Crippen LogP contribution in [0.3, 0.4) is 0 Å². The summed E-state index contributed by atoms with van der Waals surface area (Å²) in [5.41, 5.74) is 6.74. The van der Waals surface area contributed by atoms with E-state index in [1.807, 2.05) is 6.07 Å². The number of guanidine groups is 1. The van der Waals surface area contributed by atoms with E-state index < -0.39 is 0 Å². The summed E-state index contributed by atoms with van der Waals surface area (Å²) in [5.74, 6) is 1.74. The zero-order valence-electron chi connectivity index (χ0n) is 14.0. The molecule has 0 saturated heterocycles. The highest BCUT2D eigenvalue weighted by Crippen LogP contribution is 2.19. The fourth-order valence-corrected chi connectivity index (χ4v) is 1.91. The summed E-state index contributed by atoms with van der Waals surface area (Å²) >= 11 is 0. The Kier molecular flexibility index (Phi) is 6.54. The third-order valence-electron chi connectivity index (χ3n) is 3.29. The Morgan fingerprint density at radius 3 is 2.62 bits per heavy atom. The summed E-state index contributed by atoms with van der Waals surface area (Å²) in [6.45, 7) is 5.59. The van der Waals surface area contributed by atoms with E-state index in [9.17, 15) is 4.39 Å². The van der Waals surface area contributed by atoms with E-state index in [4.69, 9.17) is 10.5 Å². The van der Waals surface area contributed by atoms with Crippen molar-refractivity contribution in [3.63, 3.8) is 0 Å². The van der Waals surface area contributed by atoms with Crippen LogP contribution in [0.4, 0.5) is 4.39 Å². The number of halogens is 1. The van der Waals surface area contributed by atoms with Crippen LogP contribution in [-0.2, 0) is 6.54 Å². The quantitative estimate of drug-likeness (QED) is 0.602. The molecule has 3 N–H and O–H groups in total. The highest BCUT2D eigenvalue weighted by Gasteiger charge is 2.01. The number of pyridine rings is 1. The number of hydrogen-bond donors (Lipinski definition) is 2. The molecule has 128 valence electrons. The van der Waals surface area contributed by atoms with Crippen LogP contribution in [0.5, 0.6) is 11.6 Å². The molecule has 0 unspecified atom stereocenters. The number of aliphatic imine (C=N–C) groups is 1. The van der Waals surface area contributed by atoms with Gasteiger partial charge in [-0.2, -0.15) is 0 Å². The van der Waals surface area contributed by atoms with Crippen molar-refractivity contribution in [1.82, 2.24) is 10.3 Å². The van der Waals surface area contributed by atoms with Crippen molar-refractivity contribution >= 4 is 5.96 Å². The fourth-order valence-electron chi connectivity index (χ4n) is 1.91. The molecule has 5 nitrogen and oxygen atoms in total. The second kappa shape index (κ2) is 8.86. The summed E-state index contributed by atoms with van der Waals surface area (Å²) in [4.78, 5) is 8.49. The van der Waals surface area contributed by atoms with E-state index in [1.165, 1.54) is 12.1 Å². The van der Waals surface area contributed by atoms with Crippen LogP contribution in [0.15, 0.2) is 47.6 Å². The molecule has 0 atom stereocenters. The molecule has 0 amide bonds. The van der Waals surface area contributed by atoms with E-state index in [1.54, 1.807) is 24.4 Å². The van der Waals surface area contributed by atoms with Crippen molar-refractivity contribution in [3.05, 3.63) is 54.0 Å². The van der Waals surface area contributed by atoms with E-state index in [0.29, 0.717) is 30.1 Å². The van der Waals surface area contributed by atoms with Gasteiger partial charge in [-0.15, -0.1) is 0 Å². The Labute approximate surface area is 141 Å². The fraction of sp³-hybridized carbons (Fsp3) is 0.333. The van der Waals surface area contributed by atoms with Crippen molar-refractivity contribution in [2.75, 3.05) is 6.54 Å². The molecule has 0 aliphatic heterocycles. The van der Waals surface area contributed by atoms with Gasteiger partial charge >= 0.3 is 0 Å². The van der Waals surface area contributed by atoms with Gasteiger partial charge in [-0.3, -0.25) is 0 Å². The Bertz CT molecular complexity index is 654. The molecule has 0 spiro atoms. The number of nitrogens with two attached hydrogens (primary N) is 1. The van der Waals surface area contributed by atoms with Crippen LogP contribution >= 0.6 is 0 Å². The van der Waals surface area contributed by atoms with Crippen LogP contribution < -0.4 is 15.8 Å². The van der Waals surface area contributed by atoms with Gasteiger partial charge in [0.25, 0.3) is 0 Å². The molecule has 0 saturated carbocycles. The van der Waals surface area contributed by atoms with Crippen molar-refractivity contribution in [1.29, 1.82) is 0 Å². The van der Waals surface area contributed by atoms with E-state index in [-0.39, 0.29) is 5.82 Å². The zero-order valence-corrected chi connectivity index (χ0v) is 14.0. The van der Waals surface area contributed by atoms with Crippen LogP contribution in [-0.4, -0.2) is 17.5 Å². The molecule has 1 aromatic carbocycles. The first-order valence-corrected chi connectivity index (χ1v) is 7.95. The summed E-state index contributed by atoms with van der Waals surface area (Å²) in [7, 11) is 0. The molecule has 0 radical (unpaired) electrons.